The molecule has 3 rings (SSSR count). The summed E-state index contributed by atoms with van der Waals surface area (Å²) in [6.07, 6.45) is -0.0151. The second kappa shape index (κ2) is 10.3. The lowest BCUT2D eigenvalue weighted by atomic mass is 9.98. The maximum atomic E-state index is 12.3. The first-order valence-corrected chi connectivity index (χ1v) is 11.0. The van der Waals surface area contributed by atoms with Gasteiger partial charge in [0.15, 0.2) is 0 Å². The van der Waals surface area contributed by atoms with Crippen molar-refractivity contribution in [3.63, 3.8) is 0 Å². The standard InChI is InChI=1S/C25H30N2O5/c1-4-15(2)23(24(29)30)27-22(28)13-16(3)26-25(31)32-14-21-19-11-7-5-9-17(19)18-10-6-8-12-20(18)21/h5-12,15-16,21,23H,4,13-14H2,1-3H3,(H,26,31)(H,27,28)(H,29,30)/t15?,16-,23-/m0/s1. The van der Waals surface area contributed by atoms with Gasteiger partial charge in [0.25, 0.3) is 0 Å². The van der Waals surface area contributed by atoms with Gasteiger partial charge in [-0.1, -0.05) is 68.8 Å². The van der Waals surface area contributed by atoms with Crippen molar-refractivity contribution >= 4 is 18.0 Å². The molecule has 0 radical (unpaired) electrons. The Balaban J connectivity index is 1.53. The summed E-state index contributed by atoms with van der Waals surface area (Å²) < 4.78 is 5.49. The zero-order valence-corrected chi connectivity index (χ0v) is 18.6. The van der Waals surface area contributed by atoms with E-state index in [9.17, 15) is 19.5 Å². The van der Waals surface area contributed by atoms with Crippen molar-refractivity contribution in [2.75, 3.05) is 6.61 Å². The minimum atomic E-state index is -1.06. The number of hydrogen-bond donors (Lipinski definition) is 3. The summed E-state index contributed by atoms with van der Waals surface area (Å²) in [6.45, 7) is 5.51. The van der Waals surface area contributed by atoms with Gasteiger partial charge in [-0.05, 0) is 35.1 Å². The van der Waals surface area contributed by atoms with Crippen LogP contribution in [0.2, 0.25) is 0 Å². The number of amides is 2. The minimum Gasteiger partial charge on any atom is -0.480 e. The highest BCUT2D eigenvalue weighted by Crippen LogP contribution is 2.44. The van der Waals surface area contributed by atoms with E-state index in [1.165, 1.54) is 0 Å². The van der Waals surface area contributed by atoms with Crippen molar-refractivity contribution in [1.82, 2.24) is 10.6 Å². The number of hydrogen-bond acceptors (Lipinski definition) is 4. The molecule has 1 aliphatic carbocycles. The van der Waals surface area contributed by atoms with E-state index >= 15 is 0 Å². The topological polar surface area (TPSA) is 105 Å². The van der Waals surface area contributed by atoms with Gasteiger partial charge in [0.1, 0.15) is 12.6 Å². The van der Waals surface area contributed by atoms with E-state index in [1.54, 1.807) is 13.8 Å². The predicted molar refractivity (Wildman–Crippen MR) is 121 cm³/mol. The van der Waals surface area contributed by atoms with Crippen LogP contribution in [-0.2, 0) is 14.3 Å². The van der Waals surface area contributed by atoms with Crippen LogP contribution in [0.4, 0.5) is 4.79 Å². The lowest BCUT2D eigenvalue weighted by Crippen LogP contribution is -2.47. The van der Waals surface area contributed by atoms with Crippen LogP contribution < -0.4 is 10.6 Å². The molecule has 0 saturated carbocycles. The van der Waals surface area contributed by atoms with E-state index in [-0.39, 0.29) is 24.9 Å². The Morgan fingerprint density at radius 2 is 1.53 bits per heavy atom. The van der Waals surface area contributed by atoms with E-state index in [2.05, 4.69) is 22.8 Å². The lowest BCUT2D eigenvalue weighted by Gasteiger charge is -2.21. The summed E-state index contributed by atoms with van der Waals surface area (Å²) in [4.78, 5) is 36.0. The molecule has 0 aromatic heterocycles. The van der Waals surface area contributed by atoms with Gasteiger partial charge >= 0.3 is 12.1 Å². The molecule has 32 heavy (non-hydrogen) atoms. The van der Waals surface area contributed by atoms with Gasteiger partial charge in [0, 0.05) is 18.4 Å². The average molecular weight is 439 g/mol. The molecular formula is C25H30N2O5. The highest BCUT2D eigenvalue weighted by atomic mass is 16.5. The lowest BCUT2D eigenvalue weighted by molar-refractivity contribution is -0.143. The quantitative estimate of drug-likeness (QED) is 0.550. The first-order chi connectivity index (χ1) is 15.3. The number of rotatable bonds is 9. The third kappa shape index (κ3) is 5.28. The van der Waals surface area contributed by atoms with Crippen LogP contribution in [0.15, 0.2) is 48.5 Å². The Morgan fingerprint density at radius 1 is 0.969 bits per heavy atom. The molecule has 2 aromatic rings. The number of aliphatic carboxylic acids is 1. The van der Waals surface area contributed by atoms with Crippen LogP contribution in [0, 0.1) is 5.92 Å². The molecule has 3 N–H and O–H groups in total. The number of alkyl carbamates (subject to hydrolysis) is 1. The molecule has 0 bridgehead atoms. The molecule has 170 valence electrons. The first-order valence-electron chi connectivity index (χ1n) is 11.0. The summed E-state index contributed by atoms with van der Waals surface area (Å²) in [5, 5.41) is 14.5. The van der Waals surface area contributed by atoms with Crippen molar-refractivity contribution in [2.45, 2.75) is 51.6 Å². The van der Waals surface area contributed by atoms with Crippen molar-refractivity contribution in [3.05, 3.63) is 59.7 Å². The number of carbonyl (C=O) groups is 3. The number of ether oxygens (including phenoxy) is 1. The fraction of sp³-hybridized carbons (Fsp3) is 0.400. The van der Waals surface area contributed by atoms with Crippen LogP contribution in [0.25, 0.3) is 11.1 Å². The van der Waals surface area contributed by atoms with Crippen LogP contribution >= 0.6 is 0 Å². The second-order valence-corrected chi connectivity index (χ2v) is 8.34. The van der Waals surface area contributed by atoms with Gasteiger partial charge in [-0.25, -0.2) is 9.59 Å². The molecule has 0 heterocycles. The Labute approximate surface area is 188 Å². The normalized spacial score (nSPS) is 15.1. The van der Waals surface area contributed by atoms with Gasteiger partial charge in [0.05, 0.1) is 0 Å². The van der Waals surface area contributed by atoms with Crippen LogP contribution in [0.5, 0.6) is 0 Å². The molecule has 0 spiro atoms. The summed E-state index contributed by atoms with van der Waals surface area (Å²) in [7, 11) is 0. The molecule has 1 aliphatic rings. The number of fused-ring (bicyclic) bond motifs is 3. The zero-order valence-electron chi connectivity index (χ0n) is 18.6. The molecule has 3 atom stereocenters. The third-order valence-corrected chi connectivity index (χ3v) is 6.00. The highest BCUT2D eigenvalue weighted by molar-refractivity contribution is 5.84. The Morgan fingerprint density at radius 3 is 2.06 bits per heavy atom. The van der Waals surface area contributed by atoms with Gasteiger partial charge in [-0.2, -0.15) is 0 Å². The SMILES string of the molecule is CCC(C)[C@H](NC(=O)C[C@H](C)NC(=O)OCC1c2ccccc2-c2ccccc21)C(=O)O. The first kappa shape index (κ1) is 23.3. The molecule has 0 fully saturated rings. The fourth-order valence-corrected chi connectivity index (χ4v) is 4.09. The van der Waals surface area contributed by atoms with Crippen molar-refractivity contribution in [3.8, 4) is 11.1 Å². The van der Waals surface area contributed by atoms with Crippen molar-refractivity contribution in [1.29, 1.82) is 0 Å². The molecule has 7 nitrogen and oxygen atoms in total. The van der Waals surface area contributed by atoms with Gasteiger partial charge in [-0.15, -0.1) is 0 Å². The molecule has 1 unspecified atom stereocenters. The minimum absolute atomic E-state index is 0.0373. The molecule has 2 amide bonds. The molecular weight excluding hydrogens is 408 g/mol. The highest BCUT2D eigenvalue weighted by Gasteiger charge is 2.29. The molecule has 2 aromatic carbocycles. The van der Waals surface area contributed by atoms with E-state index in [4.69, 9.17) is 4.74 Å². The zero-order chi connectivity index (χ0) is 23.3. The number of nitrogens with one attached hydrogen (secondary N) is 2. The number of benzene rings is 2. The average Bonchev–Trinajstić information content (AvgIpc) is 3.09. The number of carbonyl (C=O) groups excluding carboxylic acids is 2. The number of carboxylic acids is 1. The van der Waals surface area contributed by atoms with Gasteiger partial charge in [-0.3, -0.25) is 4.79 Å². The van der Waals surface area contributed by atoms with Gasteiger partial charge in [0.2, 0.25) is 5.91 Å². The molecule has 0 saturated heterocycles. The Hall–Kier alpha value is -3.35. The summed E-state index contributed by atoms with van der Waals surface area (Å²) in [5.41, 5.74) is 4.55. The molecule has 7 heteroatoms. The van der Waals surface area contributed by atoms with Crippen molar-refractivity contribution in [2.24, 2.45) is 5.92 Å². The predicted octanol–water partition coefficient (Wildman–Crippen LogP) is 3.92. The molecule has 0 aliphatic heterocycles. The summed E-state index contributed by atoms with van der Waals surface area (Å²) >= 11 is 0. The van der Waals surface area contributed by atoms with Crippen LogP contribution in [-0.4, -0.2) is 41.8 Å². The van der Waals surface area contributed by atoms with Crippen LogP contribution in [0.1, 0.15) is 50.7 Å². The third-order valence-electron chi connectivity index (χ3n) is 6.00. The van der Waals surface area contributed by atoms with Gasteiger partial charge < -0.3 is 20.5 Å². The maximum Gasteiger partial charge on any atom is 0.407 e. The summed E-state index contributed by atoms with van der Waals surface area (Å²) in [6, 6.07) is 14.7. The Bertz CT molecular complexity index is 944. The largest absolute Gasteiger partial charge is 0.480 e. The number of carboxylic acid groups (broad SMARTS) is 1. The van der Waals surface area contributed by atoms with E-state index in [1.807, 2.05) is 43.3 Å². The summed E-state index contributed by atoms with van der Waals surface area (Å²) in [5.74, 6) is -1.73. The van der Waals surface area contributed by atoms with E-state index in [0.29, 0.717) is 6.42 Å². The van der Waals surface area contributed by atoms with E-state index < -0.39 is 30.1 Å². The van der Waals surface area contributed by atoms with Crippen LogP contribution in [0.3, 0.4) is 0 Å². The Kier molecular flexibility index (Phi) is 7.51. The fourth-order valence-electron chi connectivity index (χ4n) is 4.09. The monoisotopic (exact) mass is 438 g/mol. The van der Waals surface area contributed by atoms with Crippen molar-refractivity contribution < 1.29 is 24.2 Å². The maximum absolute atomic E-state index is 12.3. The second-order valence-electron chi connectivity index (χ2n) is 8.34. The van der Waals surface area contributed by atoms with E-state index in [0.717, 1.165) is 22.3 Å². The smallest absolute Gasteiger partial charge is 0.407 e.